The van der Waals surface area contributed by atoms with Crippen LogP contribution in [-0.2, 0) is 13.0 Å². The maximum absolute atomic E-state index is 12.6. The highest BCUT2D eigenvalue weighted by molar-refractivity contribution is 5.94. The SMILES string of the molecule is CC(C)(Cc1cccc(C(=O)NCCCN2CCCC2)c1)NC[C@H](O)c1ccc(O)c(CO)c1. The summed E-state index contributed by atoms with van der Waals surface area (Å²) < 4.78 is 0. The third-order valence-corrected chi connectivity index (χ3v) is 6.40. The van der Waals surface area contributed by atoms with Gasteiger partial charge in [-0.1, -0.05) is 18.2 Å². The molecule has 2 aromatic rings. The Kier molecular flexibility index (Phi) is 9.47. The summed E-state index contributed by atoms with van der Waals surface area (Å²) in [7, 11) is 0. The fourth-order valence-electron chi connectivity index (χ4n) is 4.44. The van der Waals surface area contributed by atoms with Crippen molar-refractivity contribution in [1.29, 1.82) is 0 Å². The van der Waals surface area contributed by atoms with Gasteiger partial charge in [0.2, 0.25) is 0 Å². The van der Waals surface area contributed by atoms with Gasteiger partial charge in [-0.15, -0.1) is 0 Å². The van der Waals surface area contributed by atoms with E-state index in [-0.39, 0.29) is 23.8 Å². The van der Waals surface area contributed by atoms with Crippen molar-refractivity contribution in [3.63, 3.8) is 0 Å². The summed E-state index contributed by atoms with van der Waals surface area (Å²) in [6, 6.07) is 12.4. The quantitative estimate of drug-likeness (QED) is 0.306. The van der Waals surface area contributed by atoms with Gasteiger partial charge in [-0.05, 0) is 94.6 Å². The summed E-state index contributed by atoms with van der Waals surface area (Å²) in [4.78, 5) is 15.0. The van der Waals surface area contributed by atoms with Crippen molar-refractivity contribution >= 4 is 5.91 Å². The number of phenols is 1. The molecule has 0 bridgehead atoms. The second-order valence-corrected chi connectivity index (χ2v) is 9.86. The maximum Gasteiger partial charge on any atom is 0.251 e. The molecule has 186 valence electrons. The number of nitrogens with zero attached hydrogens (tertiary/aromatic N) is 1. The topological polar surface area (TPSA) is 105 Å². The van der Waals surface area contributed by atoms with Crippen LogP contribution in [0.3, 0.4) is 0 Å². The molecular formula is C27H39N3O4. The molecule has 34 heavy (non-hydrogen) atoms. The molecule has 1 amide bonds. The molecule has 0 saturated carbocycles. The molecule has 7 heteroatoms. The molecule has 0 aliphatic carbocycles. The van der Waals surface area contributed by atoms with Gasteiger partial charge in [0, 0.05) is 29.8 Å². The average Bonchev–Trinajstić information content (AvgIpc) is 3.34. The number of amides is 1. The van der Waals surface area contributed by atoms with Gasteiger partial charge in [0.25, 0.3) is 5.91 Å². The van der Waals surface area contributed by atoms with E-state index in [1.54, 1.807) is 12.1 Å². The van der Waals surface area contributed by atoms with Crippen molar-refractivity contribution in [2.75, 3.05) is 32.7 Å². The Morgan fingerprint density at radius 3 is 2.65 bits per heavy atom. The van der Waals surface area contributed by atoms with E-state index in [1.165, 1.54) is 32.0 Å². The number of carbonyl (C=O) groups excluding carboxylic acids is 1. The van der Waals surface area contributed by atoms with Gasteiger partial charge in [0.05, 0.1) is 12.7 Å². The van der Waals surface area contributed by atoms with Crippen molar-refractivity contribution in [1.82, 2.24) is 15.5 Å². The lowest BCUT2D eigenvalue weighted by Gasteiger charge is -2.28. The summed E-state index contributed by atoms with van der Waals surface area (Å²) in [5.41, 5.74) is 2.41. The first-order valence-corrected chi connectivity index (χ1v) is 12.2. The molecule has 1 heterocycles. The third-order valence-electron chi connectivity index (χ3n) is 6.40. The molecule has 1 atom stereocenters. The Balaban J connectivity index is 1.48. The first kappa shape index (κ1) is 26.2. The molecule has 0 spiro atoms. The standard InChI is InChI=1S/C27H39N3O4/c1-27(2,29-18-25(33)21-9-10-24(32)23(16-21)19-31)17-20-7-5-8-22(15-20)26(34)28-11-6-14-30-12-3-4-13-30/h5,7-10,15-16,25,29,31-33H,3-4,6,11-14,17-19H2,1-2H3,(H,28,34)/t25-/m0/s1. The highest BCUT2D eigenvalue weighted by Crippen LogP contribution is 2.23. The molecule has 1 aliphatic heterocycles. The number of aromatic hydroxyl groups is 1. The van der Waals surface area contributed by atoms with Crippen molar-refractivity contribution in [2.45, 2.75) is 57.8 Å². The van der Waals surface area contributed by atoms with Gasteiger partial charge >= 0.3 is 0 Å². The Labute approximate surface area is 202 Å². The van der Waals surface area contributed by atoms with Crippen molar-refractivity contribution < 1.29 is 20.1 Å². The van der Waals surface area contributed by atoms with Crippen LogP contribution in [0.5, 0.6) is 5.75 Å². The number of aliphatic hydroxyl groups is 2. The average molecular weight is 470 g/mol. The molecule has 1 saturated heterocycles. The summed E-state index contributed by atoms with van der Waals surface area (Å²) in [5.74, 6) is -0.0290. The van der Waals surface area contributed by atoms with Crippen LogP contribution in [0.1, 0.15) is 66.3 Å². The highest BCUT2D eigenvalue weighted by atomic mass is 16.3. The van der Waals surface area contributed by atoms with Gasteiger partial charge in [0.1, 0.15) is 5.75 Å². The number of benzene rings is 2. The maximum atomic E-state index is 12.6. The summed E-state index contributed by atoms with van der Waals surface area (Å²) in [6.45, 7) is 8.22. The highest BCUT2D eigenvalue weighted by Gasteiger charge is 2.21. The van der Waals surface area contributed by atoms with Crippen LogP contribution in [0.4, 0.5) is 0 Å². The molecule has 3 rings (SSSR count). The predicted octanol–water partition coefficient (Wildman–Crippen LogP) is 2.74. The predicted molar refractivity (Wildman–Crippen MR) is 134 cm³/mol. The Morgan fingerprint density at radius 1 is 1.15 bits per heavy atom. The summed E-state index contributed by atoms with van der Waals surface area (Å²) >= 11 is 0. The molecule has 7 nitrogen and oxygen atoms in total. The molecular weight excluding hydrogens is 430 g/mol. The van der Waals surface area contributed by atoms with Crippen molar-refractivity contribution in [2.24, 2.45) is 0 Å². The van der Waals surface area contributed by atoms with Crippen LogP contribution in [0.25, 0.3) is 0 Å². The van der Waals surface area contributed by atoms with Crippen LogP contribution in [0.15, 0.2) is 42.5 Å². The minimum atomic E-state index is -0.775. The molecule has 5 N–H and O–H groups in total. The second-order valence-electron chi connectivity index (χ2n) is 9.86. The normalized spacial score (nSPS) is 15.4. The lowest BCUT2D eigenvalue weighted by Crippen LogP contribution is -2.43. The minimum Gasteiger partial charge on any atom is -0.508 e. The lowest BCUT2D eigenvalue weighted by atomic mass is 9.93. The van der Waals surface area contributed by atoms with Crippen LogP contribution >= 0.6 is 0 Å². The van der Waals surface area contributed by atoms with E-state index in [1.807, 2.05) is 24.3 Å². The fourth-order valence-corrected chi connectivity index (χ4v) is 4.44. The fraction of sp³-hybridized carbons (Fsp3) is 0.519. The minimum absolute atomic E-state index is 0.0160. The molecule has 2 aromatic carbocycles. The summed E-state index contributed by atoms with van der Waals surface area (Å²) in [6.07, 6.45) is 3.44. The zero-order valence-electron chi connectivity index (χ0n) is 20.4. The molecule has 0 radical (unpaired) electrons. The van der Waals surface area contributed by atoms with Crippen LogP contribution in [-0.4, -0.2) is 64.4 Å². The third kappa shape index (κ3) is 7.81. The van der Waals surface area contributed by atoms with Gasteiger partial charge in [-0.2, -0.15) is 0 Å². The number of likely N-dealkylation sites (tertiary alicyclic amines) is 1. The smallest absolute Gasteiger partial charge is 0.251 e. The van der Waals surface area contributed by atoms with E-state index in [9.17, 15) is 20.1 Å². The van der Waals surface area contributed by atoms with Gasteiger partial charge < -0.3 is 30.9 Å². The van der Waals surface area contributed by atoms with Gasteiger partial charge in [-0.3, -0.25) is 4.79 Å². The van der Waals surface area contributed by atoms with E-state index < -0.39 is 6.10 Å². The second kappa shape index (κ2) is 12.3. The van der Waals surface area contributed by atoms with Crippen LogP contribution < -0.4 is 10.6 Å². The number of nitrogens with one attached hydrogen (secondary N) is 2. The number of hydrogen-bond acceptors (Lipinski definition) is 6. The number of carbonyl (C=O) groups is 1. The molecule has 0 aromatic heterocycles. The lowest BCUT2D eigenvalue weighted by molar-refractivity contribution is 0.0952. The number of aliphatic hydroxyl groups excluding tert-OH is 2. The molecule has 1 aliphatic rings. The summed E-state index contributed by atoms with van der Waals surface area (Å²) in [5, 5.41) is 36.0. The largest absolute Gasteiger partial charge is 0.508 e. The molecule has 0 unspecified atom stereocenters. The van der Waals surface area contributed by atoms with E-state index >= 15 is 0 Å². The first-order valence-electron chi connectivity index (χ1n) is 12.2. The van der Waals surface area contributed by atoms with E-state index in [4.69, 9.17) is 0 Å². The Hall–Kier alpha value is -2.45. The number of β-amino-alcohol motifs (C(OH)–C–C–N with tert-alkyl or cyclic N) is 1. The monoisotopic (exact) mass is 469 g/mol. The van der Waals surface area contributed by atoms with Gasteiger partial charge in [-0.25, -0.2) is 0 Å². The zero-order valence-corrected chi connectivity index (χ0v) is 20.4. The Bertz CT molecular complexity index is 941. The first-order chi connectivity index (χ1) is 16.3. The van der Waals surface area contributed by atoms with E-state index in [0.717, 1.165) is 18.5 Å². The van der Waals surface area contributed by atoms with Crippen molar-refractivity contribution in [3.8, 4) is 5.75 Å². The van der Waals surface area contributed by atoms with Crippen LogP contribution in [0.2, 0.25) is 0 Å². The van der Waals surface area contributed by atoms with Crippen LogP contribution in [0, 0.1) is 0 Å². The number of hydrogen-bond donors (Lipinski definition) is 5. The van der Waals surface area contributed by atoms with Gasteiger partial charge in [0.15, 0.2) is 0 Å². The number of rotatable bonds is 12. The zero-order chi connectivity index (χ0) is 24.6. The Morgan fingerprint density at radius 2 is 1.91 bits per heavy atom. The van der Waals surface area contributed by atoms with E-state index in [2.05, 4.69) is 29.4 Å². The van der Waals surface area contributed by atoms with E-state index in [0.29, 0.717) is 36.2 Å². The van der Waals surface area contributed by atoms with Crippen molar-refractivity contribution in [3.05, 3.63) is 64.7 Å². The molecule has 1 fully saturated rings.